The summed E-state index contributed by atoms with van der Waals surface area (Å²) in [6.07, 6.45) is 23.7. The van der Waals surface area contributed by atoms with Gasteiger partial charge >= 0.3 is 0 Å². The normalized spacial score (nSPS) is 11.9. The third-order valence-corrected chi connectivity index (χ3v) is 11.4. The van der Waals surface area contributed by atoms with Crippen LogP contribution in [0.2, 0.25) is 0 Å². The molecule has 0 saturated carbocycles. The summed E-state index contributed by atoms with van der Waals surface area (Å²) in [6.45, 7) is 13.8. The Hall–Kier alpha value is -5.44. The van der Waals surface area contributed by atoms with Gasteiger partial charge in [-0.25, -0.2) is 0 Å². The highest BCUT2D eigenvalue weighted by Crippen LogP contribution is 2.32. The molecule has 0 fully saturated rings. The molecule has 0 aliphatic heterocycles. The van der Waals surface area contributed by atoms with E-state index in [0.29, 0.717) is 19.8 Å². The molecule has 0 unspecified atom stereocenters. The zero-order valence-electron chi connectivity index (χ0n) is 41.8. The molecular formula is C58H85N4O4+. The Balaban J connectivity index is 0.000000396. The quantitative estimate of drug-likeness (QED) is 0.0268. The van der Waals surface area contributed by atoms with E-state index in [2.05, 4.69) is 173 Å². The molecule has 0 atom stereocenters. The van der Waals surface area contributed by atoms with E-state index in [4.69, 9.17) is 18.9 Å². The van der Waals surface area contributed by atoms with Crippen LogP contribution in [-0.4, -0.2) is 120 Å². The maximum absolute atomic E-state index is 5.92. The Labute approximate surface area is 401 Å². The lowest BCUT2D eigenvalue weighted by molar-refractivity contribution is -0.869. The topological polar surface area (TPSA) is 46.6 Å². The summed E-state index contributed by atoms with van der Waals surface area (Å²) in [6, 6.07) is 41.8. The number of hydrogen-bond acceptors (Lipinski definition) is 7. The first-order valence-electron chi connectivity index (χ1n) is 24.3. The summed E-state index contributed by atoms with van der Waals surface area (Å²) in [4.78, 5) is 6.95. The van der Waals surface area contributed by atoms with Crippen molar-refractivity contribution in [3.63, 3.8) is 0 Å². The van der Waals surface area contributed by atoms with Crippen LogP contribution in [0.15, 0.2) is 171 Å². The summed E-state index contributed by atoms with van der Waals surface area (Å²) in [5.74, 6) is 0. The van der Waals surface area contributed by atoms with E-state index in [9.17, 15) is 0 Å². The molecule has 0 amide bonds. The third kappa shape index (κ3) is 27.1. The number of likely N-dealkylation sites (N-methyl/N-ethyl adjacent to an activating group) is 2. The lowest BCUT2D eigenvalue weighted by Crippen LogP contribution is -2.43. The standard InChI is InChI=1S/C37H47NO3.C21H38N3O/c1-3-37(24-31-39-28-20-34-14-7-4-8-15-34,25-32-40-29-21-35-16-9-5-10-17-35)23-13-26-38(2)27-33-41-30-22-36-18-11-6-12-19-36;1-6-13-23(16-18-24(3,4)5)15-14-22(2)17-20-25-19-12-21-10-8-7-9-11-21/h4-12,14-19,24-25,27,31-33H,3,13,20-23,26,28-30H2,1-2H3;7-11,17,20H,6,12-16,18-19H2,1-5H3/q;+1/b31-24-,32-25-,33-27-;20-17-. The van der Waals surface area contributed by atoms with Crippen LogP contribution in [0.5, 0.6) is 0 Å². The predicted octanol–water partition coefficient (Wildman–Crippen LogP) is 11.4. The molecule has 0 aromatic heterocycles. The number of ether oxygens (including phenoxy) is 4. The third-order valence-electron chi connectivity index (χ3n) is 11.4. The average Bonchev–Trinajstić information content (AvgIpc) is 3.33. The molecule has 4 aromatic carbocycles. The van der Waals surface area contributed by atoms with Gasteiger partial charge < -0.3 is 33.2 Å². The molecule has 360 valence electrons. The van der Waals surface area contributed by atoms with Gasteiger partial charge in [0.2, 0.25) is 0 Å². The molecule has 0 heterocycles. The lowest BCUT2D eigenvalue weighted by Gasteiger charge is -2.29. The Morgan fingerprint density at radius 3 is 1.21 bits per heavy atom. The fourth-order valence-corrected chi connectivity index (χ4v) is 7.05. The van der Waals surface area contributed by atoms with Crippen molar-refractivity contribution in [2.24, 2.45) is 5.41 Å². The van der Waals surface area contributed by atoms with Gasteiger partial charge in [0, 0.05) is 83.8 Å². The highest BCUT2D eigenvalue weighted by molar-refractivity contribution is 5.17. The molecule has 8 heteroatoms. The second-order valence-electron chi connectivity index (χ2n) is 18.1. The monoisotopic (exact) mass is 902 g/mol. The van der Waals surface area contributed by atoms with Crippen LogP contribution in [0.3, 0.4) is 0 Å². The van der Waals surface area contributed by atoms with Crippen LogP contribution < -0.4 is 0 Å². The summed E-state index contributed by atoms with van der Waals surface area (Å²) >= 11 is 0. The van der Waals surface area contributed by atoms with Crippen molar-refractivity contribution in [3.8, 4) is 0 Å². The van der Waals surface area contributed by atoms with E-state index >= 15 is 0 Å². The molecule has 0 aliphatic carbocycles. The molecule has 66 heavy (non-hydrogen) atoms. The Kier molecular flexibility index (Phi) is 28.2. The van der Waals surface area contributed by atoms with E-state index in [1.807, 2.05) is 55.5 Å². The number of nitrogens with zero attached hydrogens (tertiary/aromatic N) is 4. The first-order valence-corrected chi connectivity index (χ1v) is 24.3. The first kappa shape index (κ1) is 54.9. The van der Waals surface area contributed by atoms with Crippen molar-refractivity contribution in [1.82, 2.24) is 14.7 Å². The summed E-state index contributed by atoms with van der Waals surface area (Å²) < 4.78 is 24.2. The Bertz CT molecular complexity index is 1810. The van der Waals surface area contributed by atoms with Gasteiger partial charge in [0.05, 0.1) is 79.2 Å². The summed E-state index contributed by atoms with van der Waals surface area (Å²) in [5.41, 5.74) is 5.05. The van der Waals surface area contributed by atoms with Gasteiger partial charge in [-0.3, -0.25) is 4.90 Å². The van der Waals surface area contributed by atoms with Crippen LogP contribution in [0.25, 0.3) is 0 Å². The maximum atomic E-state index is 5.92. The predicted molar refractivity (Wildman–Crippen MR) is 278 cm³/mol. The number of hydrogen-bond donors (Lipinski definition) is 0. The molecule has 0 N–H and O–H groups in total. The number of allylic oxidation sites excluding steroid dienone is 2. The van der Waals surface area contributed by atoms with Crippen LogP contribution in [0, 0.1) is 5.41 Å². The Morgan fingerprint density at radius 1 is 0.470 bits per heavy atom. The molecule has 0 bridgehead atoms. The van der Waals surface area contributed by atoms with Crippen molar-refractivity contribution >= 4 is 0 Å². The minimum Gasteiger partial charge on any atom is -0.501 e. The van der Waals surface area contributed by atoms with Crippen molar-refractivity contribution in [3.05, 3.63) is 193 Å². The highest BCUT2D eigenvalue weighted by Gasteiger charge is 2.22. The zero-order valence-corrected chi connectivity index (χ0v) is 41.8. The van der Waals surface area contributed by atoms with Crippen LogP contribution >= 0.6 is 0 Å². The molecule has 0 spiro atoms. The maximum Gasteiger partial charge on any atom is 0.0987 e. The summed E-state index contributed by atoms with van der Waals surface area (Å²) in [5, 5.41) is 0. The van der Waals surface area contributed by atoms with Crippen molar-refractivity contribution < 1.29 is 23.4 Å². The smallest absolute Gasteiger partial charge is 0.0987 e. The second-order valence-corrected chi connectivity index (χ2v) is 18.1. The van der Waals surface area contributed by atoms with Crippen molar-refractivity contribution in [2.75, 3.05) is 101 Å². The van der Waals surface area contributed by atoms with Gasteiger partial charge in [-0.05, 0) is 66.6 Å². The van der Waals surface area contributed by atoms with Gasteiger partial charge in [-0.1, -0.05) is 135 Å². The van der Waals surface area contributed by atoms with Crippen molar-refractivity contribution in [1.29, 1.82) is 0 Å². The molecule has 0 saturated heterocycles. The molecule has 0 radical (unpaired) electrons. The average molecular weight is 902 g/mol. The van der Waals surface area contributed by atoms with E-state index in [-0.39, 0.29) is 5.41 Å². The Morgan fingerprint density at radius 2 is 0.848 bits per heavy atom. The van der Waals surface area contributed by atoms with Gasteiger partial charge in [-0.15, -0.1) is 0 Å². The van der Waals surface area contributed by atoms with Gasteiger partial charge in [-0.2, -0.15) is 0 Å². The summed E-state index contributed by atoms with van der Waals surface area (Å²) in [7, 11) is 11.0. The second kappa shape index (κ2) is 34.0. The molecular weight excluding hydrogens is 817 g/mol. The largest absolute Gasteiger partial charge is 0.501 e. The zero-order chi connectivity index (χ0) is 47.4. The minimum atomic E-state index is -0.129. The van der Waals surface area contributed by atoms with Crippen LogP contribution in [0.4, 0.5) is 0 Å². The molecule has 4 aromatic rings. The van der Waals surface area contributed by atoms with E-state index < -0.39 is 0 Å². The van der Waals surface area contributed by atoms with E-state index in [0.717, 1.165) is 82.2 Å². The fraction of sp³-hybridized carbons (Fsp3) is 0.448. The van der Waals surface area contributed by atoms with Gasteiger partial charge in [0.15, 0.2) is 0 Å². The number of quaternary nitrogens is 1. The van der Waals surface area contributed by atoms with Crippen LogP contribution in [0.1, 0.15) is 61.8 Å². The van der Waals surface area contributed by atoms with Crippen LogP contribution in [-0.2, 0) is 44.6 Å². The molecule has 8 nitrogen and oxygen atoms in total. The van der Waals surface area contributed by atoms with Gasteiger partial charge in [0.25, 0.3) is 0 Å². The highest BCUT2D eigenvalue weighted by atomic mass is 16.5. The minimum absolute atomic E-state index is 0.129. The number of rotatable bonds is 33. The lowest BCUT2D eigenvalue weighted by atomic mass is 9.80. The SMILES string of the molecule is CCC(/C=C\OCCc1ccccc1)(/C=C\OCCc1ccccc1)CCCN(C)/C=C\OCCc1ccccc1.CCCN(CCN(C)/C=C\OCCc1ccccc1)CC[N+](C)(C)C. The molecule has 4 rings (SSSR count). The van der Waals surface area contributed by atoms with E-state index in [1.54, 1.807) is 6.26 Å². The van der Waals surface area contributed by atoms with Gasteiger partial charge in [0.1, 0.15) is 0 Å². The van der Waals surface area contributed by atoms with Crippen molar-refractivity contribution in [2.45, 2.75) is 65.2 Å². The van der Waals surface area contributed by atoms with E-state index in [1.165, 1.54) is 41.8 Å². The molecule has 0 aliphatic rings. The fourth-order valence-electron chi connectivity index (χ4n) is 7.05. The first-order chi connectivity index (χ1) is 32.1. The number of benzene rings is 4.